The van der Waals surface area contributed by atoms with Gasteiger partial charge in [-0.1, -0.05) is 36.4 Å². The van der Waals surface area contributed by atoms with Crippen molar-refractivity contribution in [2.24, 2.45) is 5.73 Å². The van der Waals surface area contributed by atoms with Gasteiger partial charge < -0.3 is 16.0 Å². The van der Waals surface area contributed by atoms with Crippen molar-refractivity contribution in [3.63, 3.8) is 0 Å². The number of nitrogens with zero attached hydrogens (tertiary/aromatic N) is 1. The SMILES string of the molecule is N[C@H]1CCCN(c2ccc(NC(=O)c3cccc4ccccc34)cc2C(F)(F)F)C1. The average molecular weight is 413 g/mol. The summed E-state index contributed by atoms with van der Waals surface area (Å²) in [6, 6.07) is 16.4. The molecule has 156 valence electrons. The minimum atomic E-state index is -4.54. The first-order valence-electron chi connectivity index (χ1n) is 9.84. The molecule has 0 aromatic heterocycles. The van der Waals surface area contributed by atoms with Crippen molar-refractivity contribution in [3.05, 3.63) is 71.8 Å². The van der Waals surface area contributed by atoms with E-state index in [1.165, 1.54) is 12.1 Å². The summed E-state index contributed by atoms with van der Waals surface area (Å²) in [6.45, 7) is 0.906. The third-order valence-electron chi connectivity index (χ3n) is 5.39. The molecule has 3 aromatic rings. The summed E-state index contributed by atoms with van der Waals surface area (Å²) in [5.41, 5.74) is 5.79. The maximum absolute atomic E-state index is 13.8. The number of nitrogens with one attached hydrogen (secondary N) is 1. The Labute approximate surface area is 172 Å². The number of hydrogen-bond acceptors (Lipinski definition) is 3. The Hall–Kier alpha value is -3.06. The van der Waals surface area contributed by atoms with E-state index in [-0.39, 0.29) is 17.4 Å². The molecule has 0 saturated carbocycles. The minimum absolute atomic E-state index is 0.0980. The van der Waals surface area contributed by atoms with Gasteiger partial charge in [-0.3, -0.25) is 4.79 Å². The molecule has 1 aliphatic heterocycles. The number of anilines is 2. The maximum Gasteiger partial charge on any atom is 0.418 e. The van der Waals surface area contributed by atoms with Gasteiger partial charge in [-0.25, -0.2) is 0 Å². The Morgan fingerprint density at radius 3 is 2.60 bits per heavy atom. The van der Waals surface area contributed by atoms with Crippen LogP contribution >= 0.6 is 0 Å². The van der Waals surface area contributed by atoms with Crippen molar-refractivity contribution in [2.75, 3.05) is 23.3 Å². The van der Waals surface area contributed by atoms with Crippen molar-refractivity contribution in [3.8, 4) is 0 Å². The monoisotopic (exact) mass is 413 g/mol. The quantitative estimate of drug-likeness (QED) is 0.633. The normalized spacial score (nSPS) is 17.2. The zero-order valence-electron chi connectivity index (χ0n) is 16.2. The molecule has 30 heavy (non-hydrogen) atoms. The molecule has 0 bridgehead atoms. The molecule has 0 radical (unpaired) electrons. The number of rotatable bonds is 3. The molecule has 3 aromatic carbocycles. The Balaban J connectivity index is 1.65. The van der Waals surface area contributed by atoms with E-state index in [1.807, 2.05) is 30.3 Å². The van der Waals surface area contributed by atoms with Crippen molar-refractivity contribution < 1.29 is 18.0 Å². The van der Waals surface area contributed by atoms with Crippen molar-refractivity contribution in [2.45, 2.75) is 25.1 Å². The van der Waals surface area contributed by atoms with Crippen LogP contribution < -0.4 is 16.0 Å². The molecule has 1 fully saturated rings. The number of carbonyl (C=O) groups is 1. The predicted molar refractivity (Wildman–Crippen MR) is 113 cm³/mol. The van der Waals surface area contributed by atoms with Crippen LogP contribution in [0, 0.1) is 0 Å². The molecule has 3 N–H and O–H groups in total. The Morgan fingerprint density at radius 1 is 1.07 bits per heavy atom. The lowest BCUT2D eigenvalue weighted by atomic mass is 10.0. The molecule has 0 spiro atoms. The Kier molecular flexibility index (Phi) is 5.39. The second-order valence-electron chi connectivity index (χ2n) is 7.56. The number of halogens is 3. The van der Waals surface area contributed by atoms with Crippen LogP contribution in [0.5, 0.6) is 0 Å². The molecule has 1 heterocycles. The van der Waals surface area contributed by atoms with E-state index in [9.17, 15) is 18.0 Å². The average Bonchev–Trinajstić information content (AvgIpc) is 2.72. The fourth-order valence-corrected chi connectivity index (χ4v) is 3.97. The number of carbonyl (C=O) groups excluding carboxylic acids is 1. The molecule has 0 unspecified atom stereocenters. The number of amides is 1. The van der Waals surface area contributed by atoms with Gasteiger partial charge in [0.2, 0.25) is 0 Å². The molecule has 1 aliphatic rings. The lowest BCUT2D eigenvalue weighted by Gasteiger charge is -2.34. The molecular weight excluding hydrogens is 391 g/mol. The van der Waals surface area contributed by atoms with Crippen LogP contribution in [0.4, 0.5) is 24.5 Å². The summed E-state index contributed by atoms with van der Waals surface area (Å²) in [5.74, 6) is -0.451. The van der Waals surface area contributed by atoms with Gasteiger partial charge in [0.15, 0.2) is 0 Å². The molecule has 0 aliphatic carbocycles. The van der Waals surface area contributed by atoms with Gasteiger partial charge in [0, 0.05) is 36.1 Å². The highest BCUT2D eigenvalue weighted by Gasteiger charge is 2.36. The second-order valence-corrected chi connectivity index (χ2v) is 7.56. The maximum atomic E-state index is 13.8. The fourth-order valence-electron chi connectivity index (χ4n) is 3.97. The van der Waals surface area contributed by atoms with E-state index >= 15 is 0 Å². The Morgan fingerprint density at radius 2 is 1.83 bits per heavy atom. The van der Waals surface area contributed by atoms with E-state index in [1.54, 1.807) is 17.0 Å². The van der Waals surface area contributed by atoms with E-state index < -0.39 is 17.6 Å². The van der Waals surface area contributed by atoms with E-state index in [2.05, 4.69) is 5.32 Å². The van der Waals surface area contributed by atoms with Gasteiger partial charge in [-0.2, -0.15) is 13.2 Å². The zero-order valence-corrected chi connectivity index (χ0v) is 16.2. The molecular formula is C23H22F3N3O. The number of nitrogens with two attached hydrogens (primary N) is 1. The van der Waals surface area contributed by atoms with Gasteiger partial charge >= 0.3 is 6.18 Å². The largest absolute Gasteiger partial charge is 0.418 e. The molecule has 1 saturated heterocycles. The number of fused-ring (bicyclic) bond motifs is 1. The lowest BCUT2D eigenvalue weighted by molar-refractivity contribution is -0.137. The summed E-state index contributed by atoms with van der Waals surface area (Å²) in [6.07, 6.45) is -2.99. The number of alkyl halides is 3. The topological polar surface area (TPSA) is 58.4 Å². The van der Waals surface area contributed by atoms with Crippen LogP contribution in [0.1, 0.15) is 28.8 Å². The van der Waals surface area contributed by atoms with E-state index in [0.717, 1.165) is 29.7 Å². The standard InChI is InChI=1S/C23H22F3N3O/c24-23(25,26)20-13-17(10-11-21(20)29-12-4-7-16(27)14-29)28-22(30)19-9-3-6-15-5-1-2-8-18(15)19/h1-3,5-6,8-11,13,16H,4,7,12,14,27H2,(H,28,30)/t16-/m0/s1. The molecule has 1 amide bonds. The smallest absolute Gasteiger partial charge is 0.369 e. The van der Waals surface area contributed by atoms with Gasteiger partial charge in [-0.05, 0) is 47.9 Å². The van der Waals surface area contributed by atoms with Crippen LogP contribution in [0.2, 0.25) is 0 Å². The second kappa shape index (κ2) is 7.99. The van der Waals surface area contributed by atoms with Gasteiger partial charge in [-0.15, -0.1) is 0 Å². The Bertz CT molecular complexity index is 1080. The highest BCUT2D eigenvalue weighted by atomic mass is 19.4. The molecule has 4 nitrogen and oxygen atoms in total. The lowest BCUT2D eigenvalue weighted by Crippen LogP contribution is -2.43. The van der Waals surface area contributed by atoms with Crippen LogP contribution in [-0.2, 0) is 6.18 Å². The minimum Gasteiger partial charge on any atom is -0.369 e. The number of piperidine rings is 1. The highest BCUT2D eigenvalue weighted by Crippen LogP contribution is 2.39. The first kappa shape index (κ1) is 20.2. The van der Waals surface area contributed by atoms with Crippen molar-refractivity contribution in [1.82, 2.24) is 0 Å². The summed E-state index contributed by atoms with van der Waals surface area (Å²) < 4.78 is 41.3. The zero-order chi connectivity index (χ0) is 21.3. The summed E-state index contributed by atoms with van der Waals surface area (Å²) in [7, 11) is 0. The summed E-state index contributed by atoms with van der Waals surface area (Å²) in [5, 5.41) is 4.25. The number of benzene rings is 3. The summed E-state index contributed by atoms with van der Waals surface area (Å²) >= 11 is 0. The van der Waals surface area contributed by atoms with Crippen molar-refractivity contribution in [1.29, 1.82) is 0 Å². The van der Waals surface area contributed by atoms with E-state index in [0.29, 0.717) is 18.7 Å². The first-order valence-corrected chi connectivity index (χ1v) is 9.84. The highest BCUT2D eigenvalue weighted by molar-refractivity contribution is 6.13. The van der Waals surface area contributed by atoms with Gasteiger partial charge in [0.05, 0.1) is 5.56 Å². The number of hydrogen-bond donors (Lipinski definition) is 2. The van der Waals surface area contributed by atoms with E-state index in [4.69, 9.17) is 5.73 Å². The van der Waals surface area contributed by atoms with Crippen LogP contribution in [0.25, 0.3) is 10.8 Å². The summed E-state index contributed by atoms with van der Waals surface area (Å²) in [4.78, 5) is 14.5. The molecule has 4 rings (SSSR count). The van der Waals surface area contributed by atoms with Gasteiger partial charge in [0.25, 0.3) is 5.91 Å². The first-order chi connectivity index (χ1) is 14.3. The fraction of sp³-hybridized carbons (Fsp3) is 0.261. The van der Waals surface area contributed by atoms with Gasteiger partial charge in [0.1, 0.15) is 0 Å². The van der Waals surface area contributed by atoms with Crippen LogP contribution in [0.15, 0.2) is 60.7 Å². The van der Waals surface area contributed by atoms with Crippen molar-refractivity contribution >= 4 is 28.1 Å². The third-order valence-corrected chi connectivity index (χ3v) is 5.39. The molecule has 1 atom stereocenters. The van der Waals surface area contributed by atoms with Crippen LogP contribution in [0.3, 0.4) is 0 Å². The predicted octanol–water partition coefficient (Wildman–Crippen LogP) is 5.04. The van der Waals surface area contributed by atoms with Crippen LogP contribution in [-0.4, -0.2) is 25.0 Å². The third kappa shape index (κ3) is 4.11. The molecule has 7 heteroatoms.